The number of hydrogen-bond acceptors (Lipinski definition) is 5. The standard InChI is InChI=1S/C27H26N2O4/c1-4-18-5-9-21(10-6-18)29-24(19-13-15-28-16-14-19)23(26(31)27(29)32)25(30)20-7-11-22(12-8-20)33-17(2)3/h5-17,24,30H,4H2,1-3H3/b25-23-. The highest BCUT2D eigenvalue weighted by molar-refractivity contribution is 6.51. The average molecular weight is 443 g/mol. The number of aromatic nitrogens is 1. The van der Waals surface area contributed by atoms with Gasteiger partial charge in [0.05, 0.1) is 17.7 Å². The minimum atomic E-state index is -0.771. The molecule has 2 aromatic carbocycles. The highest BCUT2D eigenvalue weighted by Crippen LogP contribution is 2.42. The second-order valence-corrected chi connectivity index (χ2v) is 8.16. The molecule has 2 heterocycles. The Kier molecular flexibility index (Phi) is 6.27. The molecule has 1 atom stereocenters. The maximum absolute atomic E-state index is 13.2. The molecular weight excluding hydrogens is 416 g/mol. The van der Waals surface area contributed by atoms with Gasteiger partial charge in [0, 0.05) is 23.6 Å². The molecule has 3 aromatic rings. The number of ether oxygens (including phenoxy) is 1. The predicted molar refractivity (Wildman–Crippen MR) is 127 cm³/mol. The van der Waals surface area contributed by atoms with Crippen LogP contribution >= 0.6 is 0 Å². The molecule has 6 nitrogen and oxygen atoms in total. The van der Waals surface area contributed by atoms with Gasteiger partial charge in [-0.3, -0.25) is 19.5 Å². The van der Waals surface area contributed by atoms with Crippen LogP contribution in [0.5, 0.6) is 5.75 Å². The van der Waals surface area contributed by atoms with E-state index in [0.717, 1.165) is 12.0 Å². The van der Waals surface area contributed by atoms with Gasteiger partial charge in [0.1, 0.15) is 11.5 Å². The number of benzene rings is 2. The molecule has 1 aliphatic heterocycles. The van der Waals surface area contributed by atoms with Crippen molar-refractivity contribution in [3.63, 3.8) is 0 Å². The maximum Gasteiger partial charge on any atom is 0.300 e. The SMILES string of the molecule is CCc1ccc(N2C(=O)C(=O)/C(=C(\O)c3ccc(OC(C)C)cc3)C2c2ccncc2)cc1. The third kappa shape index (κ3) is 4.37. The van der Waals surface area contributed by atoms with E-state index in [2.05, 4.69) is 11.9 Å². The van der Waals surface area contributed by atoms with Gasteiger partial charge in [-0.05, 0) is 79.9 Å². The van der Waals surface area contributed by atoms with Crippen LogP contribution in [0, 0.1) is 0 Å². The average Bonchev–Trinajstić information content (AvgIpc) is 3.10. The maximum atomic E-state index is 13.2. The van der Waals surface area contributed by atoms with Gasteiger partial charge in [-0.25, -0.2) is 0 Å². The summed E-state index contributed by atoms with van der Waals surface area (Å²) in [5.41, 5.74) is 2.88. The first kappa shape index (κ1) is 22.3. The van der Waals surface area contributed by atoms with Gasteiger partial charge in [0.2, 0.25) is 0 Å². The first-order valence-electron chi connectivity index (χ1n) is 11.0. The number of anilines is 1. The lowest BCUT2D eigenvalue weighted by atomic mass is 9.95. The fourth-order valence-corrected chi connectivity index (χ4v) is 3.97. The van der Waals surface area contributed by atoms with Crippen LogP contribution < -0.4 is 9.64 Å². The number of carbonyl (C=O) groups excluding carboxylic acids is 2. The summed E-state index contributed by atoms with van der Waals surface area (Å²) >= 11 is 0. The minimum Gasteiger partial charge on any atom is -0.507 e. The zero-order chi connectivity index (χ0) is 23.5. The largest absolute Gasteiger partial charge is 0.507 e. The second kappa shape index (κ2) is 9.28. The Balaban J connectivity index is 1.83. The quantitative estimate of drug-likeness (QED) is 0.328. The van der Waals surface area contributed by atoms with Gasteiger partial charge in [0.25, 0.3) is 11.7 Å². The van der Waals surface area contributed by atoms with Gasteiger partial charge in [0.15, 0.2) is 0 Å². The zero-order valence-corrected chi connectivity index (χ0v) is 18.9. The number of rotatable bonds is 6. The molecule has 0 bridgehead atoms. The summed E-state index contributed by atoms with van der Waals surface area (Å²) < 4.78 is 5.66. The van der Waals surface area contributed by atoms with E-state index < -0.39 is 17.7 Å². The van der Waals surface area contributed by atoms with E-state index in [9.17, 15) is 14.7 Å². The summed E-state index contributed by atoms with van der Waals surface area (Å²) in [5, 5.41) is 11.2. The van der Waals surface area contributed by atoms with Gasteiger partial charge < -0.3 is 9.84 Å². The van der Waals surface area contributed by atoms with E-state index in [1.807, 2.05) is 38.1 Å². The Morgan fingerprint density at radius 3 is 2.21 bits per heavy atom. The lowest BCUT2D eigenvalue weighted by Gasteiger charge is -2.25. The van der Waals surface area contributed by atoms with Crippen LogP contribution in [0.2, 0.25) is 0 Å². The number of nitrogens with zero attached hydrogens (tertiary/aromatic N) is 2. The summed E-state index contributed by atoms with van der Waals surface area (Å²) in [7, 11) is 0. The molecule has 1 saturated heterocycles. The van der Waals surface area contributed by atoms with Crippen molar-refractivity contribution in [1.82, 2.24) is 4.98 Å². The third-order valence-corrected chi connectivity index (χ3v) is 5.59. The van der Waals surface area contributed by atoms with Crippen LogP contribution in [-0.2, 0) is 16.0 Å². The summed E-state index contributed by atoms with van der Waals surface area (Å²) in [6, 6.07) is 17.1. The molecule has 1 aliphatic rings. The third-order valence-electron chi connectivity index (χ3n) is 5.59. The number of aliphatic hydroxyl groups is 1. The molecular formula is C27H26N2O4. The lowest BCUT2D eigenvalue weighted by Crippen LogP contribution is -2.29. The van der Waals surface area contributed by atoms with Crippen molar-refractivity contribution in [3.8, 4) is 5.75 Å². The molecule has 1 unspecified atom stereocenters. The summed E-state index contributed by atoms with van der Waals surface area (Å²) in [6.45, 7) is 5.91. The first-order chi connectivity index (χ1) is 15.9. The molecule has 0 saturated carbocycles. The molecule has 168 valence electrons. The van der Waals surface area contributed by atoms with Crippen LogP contribution in [0.4, 0.5) is 5.69 Å². The molecule has 0 radical (unpaired) electrons. The topological polar surface area (TPSA) is 79.7 Å². The fraction of sp³-hybridized carbons (Fsp3) is 0.222. The monoisotopic (exact) mass is 442 g/mol. The van der Waals surface area contributed by atoms with E-state index in [1.165, 1.54) is 4.90 Å². The number of Topliss-reactive ketones (excluding diaryl/α,β-unsaturated/α-hetero) is 1. The van der Waals surface area contributed by atoms with Crippen LogP contribution in [-0.4, -0.2) is 27.9 Å². The van der Waals surface area contributed by atoms with Crippen molar-refractivity contribution in [2.75, 3.05) is 4.90 Å². The van der Waals surface area contributed by atoms with Gasteiger partial charge in [-0.2, -0.15) is 0 Å². The molecule has 1 fully saturated rings. The molecule has 1 aromatic heterocycles. The number of ketones is 1. The number of hydrogen-bond donors (Lipinski definition) is 1. The number of carbonyl (C=O) groups is 2. The van der Waals surface area contributed by atoms with E-state index in [0.29, 0.717) is 22.6 Å². The van der Waals surface area contributed by atoms with E-state index in [4.69, 9.17) is 4.74 Å². The van der Waals surface area contributed by atoms with Crippen molar-refractivity contribution in [2.24, 2.45) is 0 Å². The van der Waals surface area contributed by atoms with Crippen molar-refractivity contribution >= 4 is 23.1 Å². The van der Waals surface area contributed by atoms with Crippen molar-refractivity contribution < 1.29 is 19.4 Å². The Hall–Kier alpha value is -3.93. The number of aliphatic hydroxyl groups excluding tert-OH is 1. The van der Waals surface area contributed by atoms with Crippen molar-refractivity contribution in [2.45, 2.75) is 39.3 Å². The number of pyridine rings is 1. The highest BCUT2D eigenvalue weighted by atomic mass is 16.5. The second-order valence-electron chi connectivity index (χ2n) is 8.16. The summed E-state index contributed by atoms with van der Waals surface area (Å²) in [6.07, 6.45) is 4.09. The normalized spacial score (nSPS) is 17.6. The number of aryl methyl sites for hydroxylation is 1. The molecule has 0 aliphatic carbocycles. The summed E-state index contributed by atoms with van der Waals surface area (Å²) in [4.78, 5) is 31.8. The van der Waals surface area contributed by atoms with Crippen molar-refractivity contribution in [1.29, 1.82) is 0 Å². The van der Waals surface area contributed by atoms with Crippen LogP contribution in [0.15, 0.2) is 78.6 Å². The Morgan fingerprint density at radius 1 is 1.00 bits per heavy atom. The van der Waals surface area contributed by atoms with Crippen LogP contribution in [0.25, 0.3) is 5.76 Å². The van der Waals surface area contributed by atoms with Crippen LogP contribution in [0.1, 0.15) is 43.5 Å². The molecule has 4 rings (SSSR count). The molecule has 33 heavy (non-hydrogen) atoms. The van der Waals surface area contributed by atoms with Gasteiger partial charge >= 0.3 is 0 Å². The van der Waals surface area contributed by atoms with E-state index >= 15 is 0 Å². The minimum absolute atomic E-state index is 0.0144. The Bertz CT molecular complexity index is 1180. The van der Waals surface area contributed by atoms with E-state index in [-0.39, 0.29) is 17.4 Å². The van der Waals surface area contributed by atoms with Crippen LogP contribution in [0.3, 0.4) is 0 Å². The van der Waals surface area contributed by atoms with Crippen molar-refractivity contribution in [3.05, 3.63) is 95.3 Å². The molecule has 6 heteroatoms. The van der Waals surface area contributed by atoms with E-state index in [1.54, 1.807) is 48.8 Å². The first-order valence-corrected chi connectivity index (χ1v) is 11.0. The summed E-state index contributed by atoms with van der Waals surface area (Å²) in [5.74, 6) is -0.971. The predicted octanol–water partition coefficient (Wildman–Crippen LogP) is 5.06. The Labute approximate surface area is 193 Å². The molecule has 1 amide bonds. The lowest BCUT2D eigenvalue weighted by molar-refractivity contribution is -0.132. The highest BCUT2D eigenvalue weighted by Gasteiger charge is 2.46. The van der Waals surface area contributed by atoms with Gasteiger partial charge in [-0.1, -0.05) is 19.1 Å². The Morgan fingerprint density at radius 2 is 1.64 bits per heavy atom. The molecule has 0 spiro atoms. The van der Waals surface area contributed by atoms with Gasteiger partial charge in [-0.15, -0.1) is 0 Å². The molecule has 1 N–H and O–H groups in total. The smallest absolute Gasteiger partial charge is 0.300 e. The zero-order valence-electron chi connectivity index (χ0n) is 18.9. The number of amides is 1. The fourth-order valence-electron chi connectivity index (χ4n) is 3.97.